The summed E-state index contributed by atoms with van der Waals surface area (Å²) in [6, 6.07) is -0.828. The summed E-state index contributed by atoms with van der Waals surface area (Å²) >= 11 is 0. The molecule has 1 atom stereocenters. The minimum atomic E-state index is -3.35. The van der Waals surface area contributed by atoms with Gasteiger partial charge in [0.05, 0.1) is 6.20 Å². The molecular formula is C10H16N2O4S. The van der Waals surface area contributed by atoms with Crippen LogP contribution >= 0.6 is 0 Å². The maximum atomic E-state index is 11.3. The third-order valence-corrected chi connectivity index (χ3v) is 3.37. The Morgan fingerprint density at radius 3 is 2.47 bits per heavy atom. The predicted molar refractivity (Wildman–Crippen MR) is 61.5 cm³/mol. The molecular weight excluding hydrogens is 244 g/mol. The van der Waals surface area contributed by atoms with Gasteiger partial charge in [0.2, 0.25) is 0 Å². The van der Waals surface area contributed by atoms with Crippen molar-refractivity contribution in [1.29, 1.82) is 0 Å². The maximum Gasteiger partial charge on any atom is 0.328 e. The van der Waals surface area contributed by atoms with Crippen molar-refractivity contribution in [2.75, 3.05) is 6.26 Å². The molecule has 1 aromatic rings. The smallest absolute Gasteiger partial charge is 0.328 e. The number of nitrogens with zero attached hydrogens (tertiary/aromatic N) is 2. The molecule has 0 aliphatic carbocycles. The molecule has 1 heterocycles. The van der Waals surface area contributed by atoms with Crippen LogP contribution in [0.5, 0.6) is 0 Å². The van der Waals surface area contributed by atoms with Crippen molar-refractivity contribution in [3.8, 4) is 0 Å². The number of carboxylic acid groups (broad SMARTS) is 1. The molecule has 0 amide bonds. The van der Waals surface area contributed by atoms with E-state index in [1.165, 1.54) is 17.1 Å². The Balaban J connectivity index is 3.04. The first-order valence-corrected chi connectivity index (χ1v) is 7.08. The highest BCUT2D eigenvalue weighted by Crippen LogP contribution is 2.19. The zero-order valence-corrected chi connectivity index (χ0v) is 10.8. The van der Waals surface area contributed by atoms with Crippen LogP contribution in [-0.2, 0) is 14.6 Å². The summed E-state index contributed by atoms with van der Waals surface area (Å²) in [6.45, 7) is 3.80. The van der Waals surface area contributed by atoms with Gasteiger partial charge in [-0.1, -0.05) is 13.8 Å². The van der Waals surface area contributed by atoms with Crippen LogP contribution in [0.15, 0.2) is 17.3 Å². The zero-order valence-electron chi connectivity index (χ0n) is 9.99. The Morgan fingerprint density at radius 2 is 2.12 bits per heavy atom. The van der Waals surface area contributed by atoms with Crippen LogP contribution in [0.3, 0.4) is 0 Å². The van der Waals surface area contributed by atoms with E-state index < -0.39 is 21.8 Å². The lowest BCUT2D eigenvalue weighted by molar-refractivity contribution is -0.141. The number of sulfone groups is 1. The average Bonchev–Trinajstić information content (AvgIpc) is 2.60. The Kier molecular flexibility index (Phi) is 3.92. The van der Waals surface area contributed by atoms with Crippen LogP contribution in [0.1, 0.15) is 26.3 Å². The molecule has 1 N–H and O–H groups in total. The second kappa shape index (κ2) is 4.87. The van der Waals surface area contributed by atoms with Crippen LogP contribution in [0.4, 0.5) is 0 Å². The van der Waals surface area contributed by atoms with Gasteiger partial charge in [-0.2, -0.15) is 5.10 Å². The van der Waals surface area contributed by atoms with Gasteiger partial charge in [0.15, 0.2) is 9.84 Å². The van der Waals surface area contributed by atoms with E-state index in [4.69, 9.17) is 5.11 Å². The molecule has 0 unspecified atom stereocenters. The van der Waals surface area contributed by atoms with E-state index in [2.05, 4.69) is 5.10 Å². The number of aliphatic carboxylic acids is 1. The van der Waals surface area contributed by atoms with E-state index in [0.717, 1.165) is 6.26 Å². The van der Waals surface area contributed by atoms with Crippen LogP contribution < -0.4 is 0 Å². The van der Waals surface area contributed by atoms with Crippen molar-refractivity contribution in [3.63, 3.8) is 0 Å². The number of aromatic nitrogens is 2. The summed E-state index contributed by atoms with van der Waals surface area (Å²) in [5.74, 6) is -0.830. The third kappa shape index (κ3) is 3.55. The van der Waals surface area contributed by atoms with Gasteiger partial charge in [-0.15, -0.1) is 0 Å². The summed E-state index contributed by atoms with van der Waals surface area (Å²) in [5.41, 5.74) is 0. The molecule has 7 heteroatoms. The van der Waals surface area contributed by atoms with Gasteiger partial charge in [-0.25, -0.2) is 13.2 Å². The second-order valence-electron chi connectivity index (χ2n) is 4.41. The number of carboxylic acids is 1. The van der Waals surface area contributed by atoms with Gasteiger partial charge < -0.3 is 5.11 Å². The molecule has 1 rings (SSSR count). The number of carbonyl (C=O) groups is 1. The molecule has 0 saturated heterocycles. The monoisotopic (exact) mass is 260 g/mol. The highest BCUT2D eigenvalue weighted by Gasteiger charge is 2.23. The number of hydrogen-bond donors (Lipinski definition) is 1. The molecule has 0 aliphatic heterocycles. The van der Waals surface area contributed by atoms with Crippen molar-refractivity contribution in [2.45, 2.75) is 31.2 Å². The van der Waals surface area contributed by atoms with Crippen molar-refractivity contribution >= 4 is 15.8 Å². The van der Waals surface area contributed by atoms with Crippen LogP contribution in [0.25, 0.3) is 0 Å². The van der Waals surface area contributed by atoms with Crippen molar-refractivity contribution in [1.82, 2.24) is 9.78 Å². The van der Waals surface area contributed by atoms with Crippen molar-refractivity contribution < 1.29 is 18.3 Å². The summed E-state index contributed by atoms with van der Waals surface area (Å²) < 4.78 is 23.7. The Morgan fingerprint density at radius 1 is 1.53 bits per heavy atom. The lowest BCUT2D eigenvalue weighted by Crippen LogP contribution is -2.21. The third-order valence-electron chi connectivity index (χ3n) is 2.31. The van der Waals surface area contributed by atoms with Crippen molar-refractivity contribution in [2.24, 2.45) is 5.92 Å². The quantitative estimate of drug-likeness (QED) is 0.851. The first kappa shape index (κ1) is 13.7. The van der Waals surface area contributed by atoms with Crippen LogP contribution in [-0.4, -0.2) is 35.5 Å². The molecule has 0 radical (unpaired) electrons. The van der Waals surface area contributed by atoms with E-state index in [1.54, 1.807) is 0 Å². The minimum absolute atomic E-state index is 0.0347. The molecule has 6 nitrogen and oxygen atoms in total. The molecule has 0 saturated carbocycles. The molecule has 0 fully saturated rings. The van der Waals surface area contributed by atoms with Gasteiger partial charge >= 0.3 is 5.97 Å². The van der Waals surface area contributed by atoms with Crippen molar-refractivity contribution in [3.05, 3.63) is 12.4 Å². The molecule has 0 bridgehead atoms. The lowest BCUT2D eigenvalue weighted by atomic mass is 10.0. The van der Waals surface area contributed by atoms with Gasteiger partial charge in [-0.05, 0) is 12.3 Å². The summed E-state index contributed by atoms with van der Waals surface area (Å²) in [4.78, 5) is 11.1. The second-order valence-corrected chi connectivity index (χ2v) is 6.43. The standard InChI is InChI=1S/C10H16N2O4S/c1-7(2)4-9(10(13)14)12-6-8(5-11-12)17(3,15)16/h5-7,9H,4H2,1-3H3,(H,13,14)/t9-/m0/s1. The Labute approximate surface area is 100 Å². The highest BCUT2D eigenvalue weighted by molar-refractivity contribution is 7.90. The number of rotatable bonds is 5. The molecule has 0 spiro atoms. The fourth-order valence-electron chi connectivity index (χ4n) is 1.45. The van der Waals surface area contributed by atoms with E-state index in [1.807, 2.05) is 13.8 Å². The topological polar surface area (TPSA) is 89.3 Å². The highest BCUT2D eigenvalue weighted by atomic mass is 32.2. The molecule has 1 aromatic heterocycles. The summed E-state index contributed by atoms with van der Waals surface area (Å²) in [7, 11) is -3.35. The van der Waals surface area contributed by atoms with Gasteiger partial charge in [0.25, 0.3) is 0 Å². The van der Waals surface area contributed by atoms with Gasteiger partial charge in [0.1, 0.15) is 10.9 Å². The van der Waals surface area contributed by atoms with Crippen LogP contribution in [0.2, 0.25) is 0 Å². The summed E-state index contributed by atoms with van der Waals surface area (Å²) in [5, 5.41) is 12.9. The average molecular weight is 260 g/mol. The lowest BCUT2D eigenvalue weighted by Gasteiger charge is -2.14. The fourth-order valence-corrected chi connectivity index (χ4v) is 1.99. The zero-order chi connectivity index (χ0) is 13.2. The van der Waals surface area contributed by atoms with E-state index >= 15 is 0 Å². The van der Waals surface area contributed by atoms with Gasteiger partial charge in [-0.3, -0.25) is 4.68 Å². The van der Waals surface area contributed by atoms with Gasteiger partial charge in [0, 0.05) is 12.5 Å². The van der Waals surface area contributed by atoms with E-state index in [9.17, 15) is 13.2 Å². The first-order chi connectivity index (χ1) is 7.71. The molecule has 0 aromatic carbocycles. The van der Waals surface area contributed by atoms with E-state index in [-0.39, 0.29) is 10.8 Å². The fraction of sp³-hybridized carbons (Fsp3) is 0.600. The predicted octanol–water partition coefficient (Wildman–Crippen LogP) is 0.958. The molecule has 96 valence electrons. The summed E-state index contributed by atoms with van der Waals surface area (Å²) in [6.07, 6.45) is 3.90. The Hall–Kier alpha value is -1.37. The Bertz CT molecular complexity index is 504. The maximum absolute atomic E-state index is 11.3. The minimum Gasteiger partial charge on any atom is -0.480 e. The molecule has 0 aliphatic rings. The SMILES string of the molecule is CC(C)C[C@@H](C(=O)O)n1cc(S(C)(=O)=O)cn1. The first-order valence-electron chi connectivity index (χ1n) is 5.19. The van der Waals surface area contributed by atoms with Crippen LogP contribution in [0, 0.1) is 5.92 Å². The normalized spacial score (nSPS) is 13.9. The largest absolute Gasteiger partial charge is 0.480 e. The van der Waals surface area contributed by atoms with E-state index in [0.29, 0.717) is 6.42 Å². The molecule has 17 heavy (non-hydrogen) atoms. The number of hydrogen-bond acceptors (Lipinski definition) is 4.